The summed E-state index contributed by atoms with van der Waals surface area (Å²) in [6.07, 6.45) is -5.31. The van der Waals surface area contributed by atoms with E-state index >= 15 is 0 Å². The van der Waals surface area contributed by atoms with Gasteiger partial charge in [-0.25, -0.2) is 4.79 Å². The zero-order valence-electron chi connectivity index (χ0n) is 11.6. The molecule has 3 fully saturated rings. The Labute approximate surface area is 114 Å². The lowest BCUT2D eigenvalue weighted by atomic mass is 9.36. The molecule has 0 aromatic heterocycles. The van der Waals surface area contributed by atoms with Gasteiger partial charge in [0.1, 0.15) is 6.10 Å². The van der Waals surface area contributed by atoms with E-state index in [1.165, 1.54) is 0 Å². The zero-order chi connectivity index (χ0) is 15.5. The van der Waals surface area contributed by atoms with Crippen LogP contribution in [0.3, 0.4) is 0 Å². The van der Waals surface area contributed by atoms with Gasteiger partial charge in [0.05, 0.1) is 5.41 Å². The molecule has 114 valence electrons. The van der Waals surface area contributed by atoms with Gasteiger partial charge in [-0.1, -0.05) is 20.8 Å². The number of halogens is 3. The molecule has 0 unspecified atom stereocenters. The fourth-order valence-corrected chi connectivity index (χ4v) is 3.97. The molecule has 3 aliphatic rings. The largest absolute Gasteiger partial charge is 0.490 e. The average molecular weight is 293 g/mol. The van der Waals surface area contributed by atoms with E-state index in [1.807, 2.05) is 13.8 Å². The van der Waals surface area contributed by atoms with Crippen molar-refractivity contribution in [1.82, 2.24) is 0 Å². The monoisotopic (exact) mass is 293 g/mol. The number of alkyl halides is 3. The number of rotatable bonds is 2. The Balaban J connectivity index is 2.20. The van der Waals surface area contributed by atoms with Crippen LogP contribution in [0.25, 0.3) is 0 Å². The molecular weight excluding hydrogens is 275 g/mol. The van der Waals surface area contributed by atoms with Gasteiger partial charge in [0, 0.05) is 0 Å². The average Bonchev–Trinajstić information content (AvgIpc) is 2.28. The molecule has 0 spiro atoms. The minimum absolute atomic E-state index is 0.0229. The summed E-state index contributed by atoms with van der Waals surface area (Å²) >= 11 is 0. The number of hydrogen-bond donors (Lipinski definition) is 1. The standard InChI is InChI=1S/C13H18F3NO3/c1-6-7-4-12(9(17)18,11(7,2)3)5-8(6)20-10(19)13(14,15)16/h6-8H,4-5H2,1-3H3,(H2,17,18)/t6-,7-,8-,12-/m0/s1. The van der Waals surface area contributed by atoms with Gasteiger partial charge in [-0.3, -0.25) is 4.79 Å². The summed E-state index contributed by atoms with van der Waals surface area (Å²) in [5.74, 6) is -2.93. The first-order valence-corrected chi connectivity index (χ1v) is 6.51. The minimum Gasteiger partial charge on any atom is -0.455 e. The fraction of sp³-hybridized carbons (Fsp3) is 0.846. The maximum atomic E-state index is 12.3. The van der Waals surface area contributed by atoms with Crippen LogP contribution in [0.4, 0.5) is 13.2 Å². The third kappa shape index (κ3) is 1.82. The highest BCUT2D eigenvalue weighted by Gasteiger charge is 2.70. The molecule has 0 aromatic carbocycles. The summed E-state index contributed by atoms with van der Waals surface area (Å²) in [6.45, 7) is 5.54. The number of nitrogens with two attached hydrogens (primary N) is 1. The molecule has 2 N–H and O–H groups in total. The number of esters is 1. The number of ether oxygens (including phenoxy) is 1. The van der Waals surface area contributed by atoms with Crippen LogP contribution in [-0.2, 0) is 14.3 Å². The van der Waals surface area contributed by atoms with Crippen LogP contribution in [0.1, 0.15) is 33.6 Å². The van der Waals surface area contributed by atoms with Crippen molar-refractivity contribution in [2.24, 2.45) is 28.4 Å². The second kappa shape index (κ2) is 4.11. The molecule has 0 heterocycles. The lowest BCUT2D eigenvalue weighted by Gasteiger charge is -2.67. The van der Waals surface area contributed by atoms with Crippen LogP contribution in [0.5, 0.6) is 0 Å². The molecule has 3 saturated carbocycles. The first-order chi connectivity index (χ1) is 8.93. The molecule has 1 amide bonds. The van der Waals surface area contributed by atoms with E-state index in [-0.39, 0.29) is 23.7 Å². The van der Waals surface area contributed by atoms with Gasteiger partial charge in [-0.05, 0) is 30.1 Å². The summed E-state index contributed by atoms with van der Waals surface area (Å²) in [4.78, 5) is 22.7. The zero-order valence-corrected chi connectivity index (χ0v) is 11.6. The maximum absolute atomic E-state index is 12.3. The van der Waals surface area contributed by atoms with Gasteiger partial charge in [0.15, 0.2) is 0 Å². The van der Waals surface area contributed by atoms with Crippen molar-refractivity contribution >= 4 is 11.9 Å². The van der Waals surface area contributed by atoms with E-state index in [0.29, 0.717) is 6.42 Å². The highest BCUT2D eigenvalue weighted by Crippen LogP contribution is 2.69. The number of amides is 1. The van der Waals surface area contributed by atoms with Crippen molar-refractivity contribution in [1.29, 1.82) is 0 Å². The Bertz CT molecular complexity index is 460. The number of carbonyl (C=O) groups is 2. The number of carbonyl (C=O) groups excluding carboxylic acids is 2. The van der Waals surface area contributed by atoms with Crippen LogP contribution < -0.4 is 5.73 Å². The van der Waals surface area contributed by atoms with E-state index < -0.39 is 29.6 Å². The SMILES string of the molecule is C[C@@H]1[C@@H](OC(=O)C(F)(F)F)C[C@]2(C(N)=O)C[C@@H]1C2(C)C. The van der Waals surface area contributed by atoms with Crippen LogP contribution in [0.15, 0.2) is 0 Å². The first kappa shape index (κ1) is 15.1. The Kier molecular flexibility index (Phi) is 3.11. The van der Waals surface area contributed by atoms with Gasteiger partial charge in [-0.2, -0.15) is 13.2 Å². The van der Waals surface area contributed by atoms with Crippen LogP contribution in [-0.4, -0.2) is 24.2 Å². The van der Waals surface area contributed by atoms with Crippen molar-refractivity contribution in [2.45, 2.75) is 45.9 Å². The molecule has 0 aliphatic heterocycles. The summed E-state index contributed by atoms with van der Waals surface area (Å²) in [6, 6.07) is 0. The topological polar surface area (TPSA) is 69.4 Å². The predicted octanol–water partition coefficient (Wildman–Crippen LogP) is 2.02. The summed E-state index contributed by atoms with van der Waals surface area (Å²) < 4.78 is 41.4. The molecule has 4 nitrogen and oxygen atoms in total. The molecule has 2 bridgehead atoms. The Morgan fingerprint density at radius 3 is 2.20 bits per heavy atom. The van der Waals surface area contributed by atoms with E-state index in [2.05, 4.69) is 4.74 Å². The van der Waals surface area contributed by atoms with Crippen LogP contribution in [0, 0.1) is 22.7 Å². The van der Waals surface area contributed by atoms with Gasteiger partial charge in [0.2, 0.25) is 5.91 Å². The third-order valence-electron chi connectivity index (χ3n) is 5.46. The van der Waals surface area contributed by atoms with Crippen molar-refractivity contribution in [3.8, 4) is 0 Å². The highest BCUT2D eigenvalue weighted by atomic mass is 19.4. The van der Waals surface area contributed by atoms with Crippen LogP contribution in [0.2, 0.25) is 0 Å². The lowest BCUT2D eigenvalue weighted by Crippen LogP contribution is -2.69. The first-order valence-electron chi connectivity index (χ1n) is 6.51. The van der Waals surface area contributed by atoms with Gasteiger partial charge in [0.25, 0.3) is 0 Å². The number of primary amides is 1. The molecule has 7 heteroatoms. The van der Waals surface area contributed by atoms with Gasteiger partial charge in [-0.15, -0.1) is 0 Å². The van der Waals surface area contributed by atoms with E-state index in [9.17, 15) is 22.8 Å². The summed E-state index contributed by atoms with van der Waals surface area (Å²) in [5, 5.41) is 0. The van der Waals surface area contributed by atoms with Crippen molar-refractivity contribution in [3.05, 3.63) is 0 Å². The fourth-order valence-electron chi connectivity index (χ4n) is 3.97. The van der Waals surface area contributed by atoms with Crippen LogP contribution >= 0.6 is 0 Å². The second-order valence-electron chi connectivity index (χ2n) is 6.48. The third-order valence-corrected chi connectivity index (χ3v) is 5.46. The highest BCUT2D eigenvalue weighted by molar-refractivity contribution is 5.84. The quantitative estimate of drug-likeness (QED) is 0.792. The molecule has 0 aromatic rings. The molecule has 3 aliphatic carbocycles. The molecule has 0 saturated heterocycles. The number of hydrogen-bond acceptors (Lipinski definition) is 3. The number of fused-ring (bicyclic) bond motifs is 2. The molecule has 0 radical (unpaired) electrons. The molecule has 3 rings (SSSR count). The maximum Gasteiger partial charge on any atom is 0.490 e. The Hall–Kier alpha value is -1.27. The minimum atomic E-state index is -5.02. The van der Waals surface area contributed by atoms with Gasteiger partial charge >= 0.3 is 12.1 Å². The smallest absolute Gasteiger partial charge is 0.455 e. The van der Waals surface area contributed by atoms with Gasteiger partial charge < -0.3 is 10.5 Å². The van der Waals surface area contributed by atoms with E-state index in [0.717, 1.165) is 0 Å². The normalized spacial score (nSPS) is 38.8. The summed E-state index contributed by atoms with van der Waals surface area (Å²) in [7, 11) is 0. The predicted molar refractivity (Wildman–Crippen MR) is 63.2 cm³/mol. The van der Waals surface area contributed by atoms with Crippen molar-refractivity contribution in [3.63, 3.8) is 0 Å². The molecular formula is C13H18F3NO3. The van der Waals surface area contributed by atoms with E-state index in [4.69, 9.17) is 5.73 Å². The second-order valence-corrected chi connectivity index (χ2v) is 6.48. The Morgan fingerprint density at radius 1 is 1.25 bits per heavy atom. The van der Waals surface area contributed by atoms with Crippen molar-refractivity contribution < 1.29 is 27.5 Å². The molecule has 20 heavy (non-hydrogen) atoms. The summed E-state index contributed by atoms with van der Waals surface area (Å²) in [5.41, 5.74) is 4.19. The Morgan fingerprint density at radius 2 is 1.80 bits per heavy atom. The lowest BCUT2D eigenvalue weighted by molar-refractivity contribution is -0.244. The van der Waals surface area contributed by atoms with E-state index in [1.54, 1.807) is 6.92 Å². The molecule has 4 atom stereocenters. The van der Waals surface area contributed by atoms with Crippen molar-refractivity contribution in [2.75, 3.05) is 0 Å².